The minimum absolute atomic E-state index is 0.0158. The standard InChI is InChI=1S/C6H6O3/c7-3-1-2-6(4-8)5-9/h2-5H,1H2. The normalized spacial score (nSPS) is 7.56. The van der Waals surface area contributed by atoms with Gasteiger partial charge in [-0.2, -0.15) is 0 Å². The van der Waals surface area contributed by atoms with Crippen molar-refractivity contribution in [2.45, 2.75) is 6.42 Å². The van der Waals surface area contributed by atoms with Crippen LogP contribution in [0.25, 0.3) is 0 Å². The summed E-state index contributed by atoms with van der Waals surface area (Å²) in [7, 11) is 0. The molecule has 0 heterocycles. The summed E-state index contributed by atoms with van der Waals surface area (Å²) in [5.41, 5.74) is 0.0158. The first-order chi connectivity index (χ1) is 4.35. The van der Waals surface area contributed by atoms with Crippen LogP contribution in [0, 0.1) is 0 Å². The van der Waals surface area contributed by atoms with E-state index in [4.69, 9.17) is 0 Å². The monoisotopic (exact) mass is 126 g/mol. The molecule has 0 aromatic rings. The van der Waals surface area contributed by atoms with Gasteiger partial charge in [-0.1, -0.05) is 6.08 Å². The Hall–Kier alpha value is -1.25. The van der Waals surface area contributed by atoms with Gasteiger partial charge in [0, 0.05) is 6.42 Å². The lowest BCUT2D eigenvalue weighted by atomic mass is 10.3. The minimum atomic E-state index is 0.0158. The predicted octanol–water partition coefficient (Wildman–Crippen LogP) is -0.100. The van der Waals surface area contributed by atoms with Crippen LogP contribution in [0.5, 0.6) is 0 Å². The van der Waals surface area contributed by atoms with Crippen molar-refractivity contribution in [1.29, 1.82) is 0 Å². The summed E-state index contributed by atoms with van der Waals surface area (Å²) in [6.45, 7) is 0. The van der Waals surface area contributed by atoms with Crippen LogP contribution < -0.4 is 0 Å². The van der Waals surface area contributed by atoms with Gasteiger partial charge < -0.3 is 4.79 Å². The second-order valence-electron chi connectivity index (χ2n) is 1.34. The predicted molar refractivity (Wildman–Crippen MR) is 30.9 cm³/mol. The van der Waals surface area contributed by atoms with Gasteiger partial charge in [-0.15, -0.1) is 0 Å². The number of carbonyl (C=O) groups is 3. The van der Waals surface area contributed by atoms with Crippen molar-refractivity contribution in [2.24, 2.45) is 0 Å². The minimum Gasteiger partial charge on any atom is -0.303 e. The summed E-state index contributed by atoms with van der Waals surface area (Å²) < 4.78 is 0. The van der Waals surface area contributed by atoms with Gasteiger partial charge in [-0.25, -0.2) is 0 Å². The lowest BCUT2D eigenvalue weighted by Gasteiger charge is -1.78. The molecule has 0 radical (unpaired) electrons. The maximum Gasteiger partial charge on any atom is 0.153 e. The molecule has 0 atom stereocenters. The Labute approximate surface area is 52.4 Å². The highest BCUT2D eigenvalue weighted by Crippen LogP contribution is 1.84. The molecular weight excluding hydrogens is 120 g/mol. The molecule has 0 spiro atoms. The number of hydrogen-bond donors (Lipinski definition) is 0. The van der Waals surface area contributed by atoms with E-state index in [9.17, 15) is 14.4 Å². The van der Waals surface area contributed by atoms with E-state index in [0.717, 1.165) is 0 Å². The summed E-state index contributed by atoms with van der Waals surface area (Å²) >= 11 is 0. The molecule has 0 aliphatic heterocycles. The van der Waals surface area contributed by atoms with Crippen LogP contribution in [-0.2, 0) is 14.4 Å². The maximum absolute atomic E-state index is 9.83. The summed E-state index contributed by atoms with van der Waals surface area (Å²) in [6, 6.07) is 0. The van der Waals surface area contributed by atoms with E-state index in [-0.39, 0.29) is 12.0 Å². The molecule has 0 saturated carbocycles. The molecular formula is C6H6O3. The van der Waals surface area contributed by atoms with E-state index in [1.807, 2.05) is 0 Å². The third-order valence-corrected chi connectivity index (χ3v) is 0.722. The van der Waals surface area contributed by atoms with Crippen molar-refractivity contribution in [3.05, 3.63) is 11.6 Å². The molecule has 3 nitrogen and oxygen atoms in total. The first-order valence-electron chi connectivity index (χ1n) is 2.39. The lowest BCUT2D eigenvalue weighted by molar-refractivity contribution is -0.109. The lowest BCUT2D eigenvalue weighted by Crippen LogP contribution is -1.84. The summed E-state index contributed by atoms with van der Waals surface area (Å²) in [5.74, 6) is 0. The van der Waals surface area contributed by atoms with Crippen LogP contribution in [0.1, 0.15) is 6.42 Å². The van der Waals surface area contributed by atoms with Gasteiger partial charge in [-0.3, -0.25) is 9.59 Å². The van der Waals surface area contributed by atoms with Crippen molar-refractivity contribution in [3.8, 4) is 0 Å². The summed E-state index contributed by atoms with van der Waals surface area (Å²) in [4.78, 5) is 29.3. The van der Waals surface area contributed by atoms with Crippen LogP contribution in [-0.4, -0.2) is 18.9 Å². The largest absolute Gasteiger partial charge is 0.303 e. The molecule has 0 aromatic heterocycles. The van der Waals surface area contributed by atoms with Gasteiger partial charge in [0.1, 0.15) is 6.29 Å². The maximum atomic E-state index is 9.83. The van der Waals surface area contributed by atoms with E-state index in [1.165, 1.54) is 6.08 Å². The molecule has 0 N–H and O–H groups in total. The zero-order valence-corrected chi connectivity index (χ0v) is 4.74. The Bertz CT molecular complexity index is 136. The van der Waals surface area contributed by atoms with Crippen LogP contribution in [0.15, 0.2) is 11.6 Å². The average Bonchev–Trinajstić information content (AvgIpc) is 1.91. The van der Waals surface area contributed by atoms with Crippen molar-refractivity contribution in [2.75, 3.05) is 0 Å². The molecule has 0 aliphatic carbocycles. The van der Waals surface area contributed by atoms with Gasteiger partial charge in [0.2, 0.25) is 0 Å². The summed E-state index contributed by atoms with van der Waals surface area (Å²) in [6.07, 6.45) is 2.83. The number of allylic oxidation sites excluding steroid dienone is 2. The molecule has 3 heteroatoms. The van der Waals surface area contributed by atoms with E-state index < -0.39 is 0 Å². The average molecular weight is 126 g/mol. The highest BCUT2D eigenvalue weighted by Gasteiger charge is 1.87. The van der Waals surface area contributed by atoms with Gasteiger partial charge in [0.25, 0.3) is 0 Å². The fraction of sp³-hybridized carbons (Fsp3) is 0.167. The second-order valence-corrected chi connectivity index (χ2v) is 1.34. The number of aldehydes is 3. The first kappa shape index (κ1) is 7.75. The zero-order chi connectivity index (χ0) is 7.11. The van der Waals surface area contributed by atoms with Crippen molar-refractivity contribution >= 4 is 18.9 Å². The fourth-order valence-electron chi connectivity index (χ4n) is 0.308. The molecule has 0 unspecified atom stereocenters. The molecule has 0 rings (SSSR count). The first-order valence-corrected chi connectivity index (χ1v) is 2.39. The number of rotatable bonds is 4. The molecule has 0 bridgehead atoms. The van der Waals surface area contributed by atoms with Crippen LogP contribution in [0.2, 0.25) is 0 Å². The van der Waals surface area contributed by atoms with Crippen LogP contribution in [0.4, 0.5) is 0 Å². The van der Waals surface area contributed by atoms with Crippen LogP contribution >= 0.6 is 0 Å². The Balaban J connectivity index is 3.89. The topological polar surface area (TPSA) is 51.2 Å². The van der Waals surface area contributed by atoms with Gasteiger partial charge in [0.05, 0.1) is 5.57 Å². The molecule has 0 amide bonds. The molecule has 9 heavy (non-hydrogen) atoms. The Kier molecular flexibility index (Phi) is 4.22. The Morgan fingerprint density at radius 1 is 1.11 bits per heavy atom. The quantitative estimate of drug-likeness (QED) is 0.229. The van der Waals surface area contributed by atoms with Gasteiger partial charge >= 0.3 is 0 Å². The Morgan fingerprint density at radius 2 is 1.67 bits per heavy atom. The highest BCUT2D eigenvalue weighted by molar-refractivity contribution is 5.99. The third-order valence-electron chi connectivity index (χ3n) is 0.722. The van der Waals surface area contributed by atoms with Crippen molar-refractivity contribution in [3.63, 3.8) is 0 Å². The van der Waals surface area contributed by atoms with E-state index in [0.29, 0.717) is 18.9 Å². The highest BCUT2D eigenvalue weighted by atomic mass is 16.1. The smallest absolute Gasteiger partial charge is 0.153 e. The zero-order valence-electron chi connectivity index (χ0n) is 4.74. The van der Waals surface area contributed by atoms with E-state index in [1.54, 1.807) is 0 Å². The molecule has 0 aliphatic rings. The fourth-order valence-corrected chi connectivity index (χ4v) is 0.308. The van der Waals surface area contributed by atoms with E-state index >= 15 is 0 Å². The third kappa shape index (κ3) is 3.34. The Morgan fingerprint density at radius 3 is 2.00 bits per heavy atom. The number of carbonyl (C=O) groups excluding carboxylic acids is 3. The van der Waals surface area contributed by atoms with Gasteiger partial charge in [0.15, 0.2) is 12.6 Å². The van der Waals surface area contributed by atoms with Crippen molar-refractivity contribution in [1.82, 2.24) is 0 Å². The SMILES string of the molecule is O=CCC=C(C=O)C=O. The van der Waals surface area contributed by atoms with Gasteiger partial charge in [-0.05, 0) is 0 Å². The number of hydrogen-bond acceptors (Lipinski definition) is 3. The summed E-state index contributed by atoms with van der Waals surface area (Å²) in [5, 5.41) is 0. The molecule has 0 aromatic carbocycles. The van der Waals surface area contributed by atoms with Crippen molar-refractivity contribution < 1.29 is 14.4 Å². The molecule has 0 saturated heterocycles. The van der Waals surface area contributed by atoms with E-state index in [2.05, 4.69) is 0 Å². The molecule has 48 valence electrons. The second kappa shape index (κ2) is 4.90. The molecule has 0 fully saturated rings. The van der Waals surface area contributed by atoms with Crippen LogP contribution in [0.3, 0.4) is 0 Å².